The normalized spacial score (nSPS) is 19.8. The topological polar surface area (TPSA) is 75.7 Å². The van der Waals surface area contributed by atoms with Crippen LogP contribution in [0.5, 0.6) is 0 Å². The van der Waals surface area contributed by atoms with Crippen LogP contribution in [0.15, 0.2) is 18.2 Å². The summed E-state index contributed by atoms with van der Waals surface area (Å²) in [5.74, 6) is -0.559. The first kappa shape index (κ1) is 20.5. The summed E-state index contributed by atoms with van der Waals surface area (Å²) in [6, 6.07) is 4.43. The number of hydrogen-bond donors (Lipinski definition) is 1. The lowest BCUT2D eigenvalue weighted by Gasteiger charge is -2.34. The number of nitrogens with one attached hydrogen (secondary N) is 1. The number of carbonyl (C=O) groups excluding carboxylic acids is 3. The number of likely N-dealkylation sites (tertiary alicyclic amines) is 1. The van der Waals surface area contributed by atoms with E-state index in [0.717, 1.165) is 6.42 Å². The van der Waals surface area contributed by atoms with Crippen molar-refractivity contribution >= 4 is 41.0 Å². The quantitative estimate of drug-likeness (QED) is 0.770. The van der Waals surface area contributed by atoms with Gasteiger partial charge in [-0.3, -0.25) is 14.4 Å². The van der Waals surface area contributed by atoms with Crippen LogP contribution in [0.4, 0.5) is 0 Å². The third kappa shape index (κ3) is 5.88. The first-order valence-electron chi connectivity index (χ1n) is 8.43. The van der Waals surface area contributed by atoms with Crippen LogP contribution < -0.4 is 5.32 Å². The van der Waals surface area contributed by atoms with E-state index < -0.39 is 11.9 Å². The van der Waals surface area contributed by atoms with Gasteiger partial charge in [0.2, 0.25) is 0 Å². The zero-order valence-electron chi connectivity index (χ0n) is 14.8. The van der Waals surface area contributed by atoms with Crippen molar-refractivity contribution in [2.24, 2.45) is 11.8 Å². The van der Waals surface area contributed by atoms with Crippen molar-refractivity contribution in [2.75, 3.05) is 26.2 Å². The predicted molar refractivity (Wildman–Crippen MR) is 99.3 cm³/mol. The van der Waals surface area contributed by atoms with Gasteiger partial charge in [0.1, 0.15) is 6.54 Å². The predicted octanol–water partition coefficient (Wildman–Crippen LogP) is 2.77. The van der Waals surface area contributed by atoms with Gasteiger partial charge in [-0.05, 0) is 36.5 Å². The summed E-state index contributed by atoms with van der Waals surface area (Å²) in [5, 5.41) is 3.01. The van der Waals surface area contributed by atoms with Crippen LogP contribution in [-0.4, -0.2) is 48.9 Å². The molecule has 1 aliphatic heterocycles. The number of rotatable bonds is 5. The molecule has 2 rings (SSSR count). The number of piperidine rings is 1. The van der Waals surface area contributed by atoms with Crippen molar-refractivity contribution < 1.29 is 19.1 Å². The standard InChI is InChI=1S/C18H22Cl2N2O4/c1-11-5-12(2)9-22(8-11)16(23)10-26-17(24)7-21-18(25)14-4-3-13(19)6-15(14)20/h3-4,6,11-12H,5,7-10H2,1-2H3,(H,21,25)/t11-,12+. The third-order valence-corrected chi connectivity index (χ3v) is 4.70. The molecule has 0 saturated carbocycles. The van der Waals surface area contributed by atoms with E-state index >= 15 is 0 Å². The van der Waals surface area contributed by atoms with E-state index in [1.165, 1.54) is 18.2 Å². The lowest BCUT2D eigenvalue weighted by molar-refractivity contribution is -0.152. The Kier molecular flexibility index (Phi) is 7.29. The average Bonchev–Trinajstić information content (AvgIpc) is 2.56. The Balaban J connectivity index is 1.76. The zero-order chi connectivity index (χ0) is 19.3. The minimum atomic E-state index is -0.685. The van der Waals surface area contributed by atoms with Crippen molar-refractivity contribution in [3.8, 4) is 0 Å². The molecule has 0 spiro atoms. The lowest BCUT2D eigenvalue weighted by atomic mass is 9.92. The minimum Gasteiger partial charge on any atom is -0.454 e. The van der Waals surface area contributed by atoms with Gasteiger partial charge in [0.05, 0.1) is 10.6 Å². The number of halogens is 2. The molecule has 0 aliphatic carbocycles. The summed E-state index contributed by atoms with van der Waals surface area (Å²) < 4.78 is 4.96. The number of benzene rings is 1. The molecule has 142 valence electrons. The number of hydrogen-bond acceptors (Lipinski definition) is 4. The van der Waals surface area contributed by atoms with Crippen LogP contribution in [0.2, 0.25) is 10.0 Å². The molecule has 1 N–H and O–H groups in total. The van der Waals surface area contributed by atoms with Gasteiger partial charge in [0, 0.05) is 18.1 Å². The van der Waals surface area contributed by atoms with Gasteiger partial charge in [-0.2, -0.15) is 0 Å². The highest BCUT2D eigenvalue weighted by atomic mass is 35.5. The molecule has 1 aromatic rings. The molecule has 2 amide bonds. The highest BCUT2D eigenvalue weighted by Crippen LogP contribution is 2.21. The third-order valence-electron chi connectivity index (χ3n) is 4.15. The number of ether oxygens (including phenoxy) is 1. The molecule has 1 fully saturated rings. The van der Waals surface area contributed by atoms with E-state index in [0.29, 0.717) is 29.9 Å². The smallest absolute Gasteiger partial charge is 0.325 e. The van der Waals surface area contributed by atoms with Crippen molar-refractivity contribution in [2.45, 2.75) is 20.3 Å². The fourth-order valence-electron chi connectivity index (χ4n) is 3.07. The largest absolute Gasteiger partial charge is 0.454 e. The molecule has 1 aliphatic rings. The van der Waals surface area contributed by atoms with E-state index in [1.54, 1.807) is 4.90 Å². The Labute approximate surface area is 162 Å². The maximum absolute atomic E-state index is 12.2. The number of nitrogens with zero attached hydrogens (tertiary/aromatic N) is 1. The molecule has 26 heavy (non-hydrogen) atoms. The second-order valence-electron chi connectivity index (χ2n) is 6.71. The number of esters is 1. The van der Waals surface area contributed by atoms with Crippen molar-refractivity contribution in [3.05, 3.63) is 33.8 Å². The molecule has 2 atom stereocenters. The van der Waals surface area contributed by atoms with Crippen molar-refractivity contribution in [1.82, 2.24) is 10.2 Å². The van der Waals surface area contributed by atoms with Gasteiger partial charge in [-0.25, -0.2) is 0 Å². The van der Waals surface area contributed by atoms with Gasteiger partial charge in [-0.1, -0.05) is 37.0 Å². The van der Waals surface area contributed by atoms with Gasteiger partial charge in [0.15, 0.2) is 6.61 Å². The van der Waals surface area contributed by atoms with E-state index in [-0.39, 0.29) is 29.6 Å². The van der Waals surface area contributed by atoms with E-state index in [1.807, 2.05) is 0 Å². The second-order valence-corrected chi connectivity index (χ2v) is 7.56. The van der Waals surface area contributed by atoms with E-state index in [2.05, 4.69) is 19.2 Å². The first-order chi connectivity index (χ1) is 12.3. The number of carbonyl (C=O) groups is 3. The monoisotopic (exact) mass is 400 g/mol. The molecule has 8 heteroatoms. The van der Waals surface area contributed by atoms with Crippen LogP contribution >= 0.6 is 23.2 Å². The lowest BCUT2D eigenvalue weighted by Crippen LogP contribution is -2.44. The highest BCUT2D eigenvalue weighted by molar-refractivity contribution is 6.36. The summed E-state index contributed by atoms with van der Waals surface area (Å²) in [6.07, 6.45) is 1.09. The van der Waals surface area contributed by atoms with E-state index in [4.69, 9.17) is 27.9 Å². The fraction of sp³-hybridized carbons (Fsp3) is 0.500. The molecule has 1 aromatic carbocycles. The molecular weight excluding hydrogens is 379 g/mol. The summed E-state index contributed by atoms with van der Waals surface area (Å²) in [6.45, 7) is 4.87. The Hall–Kier alpha value is -1.79. The Bertz CT molecular complexity index is 686. The van der Waals surface area contributed by atoms with Gasteiger partial charge >= 0.3 is 5.97 Å². The van der Waals surface area contributed by atoms with E-state index in [9.17, 15) is 14.4 Å². The van der Waals surface area contributed by atoms with Crippen LogP contribution in [0.25, 0.3) is 0 Å². The Morgan fingerprint density at radius 3 is 2.46 bits per heavy atom. The summed E-state index contributed by atoms with van der Waals surface area (Å²) in [4.78, 5) is 37.7. The van der Waals surface area contributed by atoms with Crippen LogP contribution in [-0.2, 0) is 14.3 Å². The second kappa shape index (κ2) is 9.24. The van der Waals surface area contributed by atoms with Crippen molar-refractivity contribution in [3.63, 3.8) is 0 Å². The SMILES string of the molecule is C[C@@H]1C[C@H](C)CN(C(=O)COC(=O)CNC(=O)c2ccc(Cl)cc2Cl)C1. The molecule has 0 bridgehead atoms. The average molecular weight is 401 g/mol. The Morgan fingerprint density at radius 2 is 1.85 bits per heavy atom. The molecule has 1 saturated heterocycles. The molecule has 0 unspecified atom stereocenters. The molecule has 1 heterocycles. The maximum Gasteiger partial charge on any atom is 0.325 e. The molecular formula is C18H22Cl2N2O4. The number of amides is 2. The van der Waals surface area contributed by atoms with Crippen LogP contribution in [0, 0.1) is 11.8 Å². The van der Waals surface area contributed by atoms with Gasteiger partial charge in [-0.15, -0.1) is 0 Å². The fourth-order valence-corrected chi connectivity index (χ4v) is 3.57. The summed E-state index contributed by atoms with van der Waals surface area (Å²) >= 11 is 11.7. The van der Waals surface area contributed by atoms with Crippen LogP contribution in [0.1, 0.15) is 30.6 Å². The highest BCUT2D eigenvalue weighted by Gasteiger charge is 2.26. The zero-order valence-corrected chi connectivity index (χ0v) is 16.3. The molecule has 0 radical (unpaired) electrons. The van der Waals surface area contributed by atoms with Gasteiger partial charge in [0.25, 0.3) is 11.8 Å². The van der Waals surface area contributed by atoms with Gasteiger partial charge < -0.3 is 15.0 Å². The summed E-state index contributed by atoms with van der Waals surface area (Å²) in [7, 11) is 0. The minimum absolute atomic E-state index is 0.187. The first-order valence-corrected chi connectivity index (χ1v) is 9.18. The Morgan fingerprint density at radius 1 is 1.19 bits per heavy atom. The molecule has 6 nitrogen and oxygen atoms in total. The maximum atomic E-state index is 12.2. The molecule has 0 aromatic heterocycles. The van der Waals surface area contributed by atoms with Crippen LogP contribution in [0.3, 0.4) is 0 Å². The summed E-state index contributed by atoms with van der Waals surface area (Å²) in [5.41, 5.74) is 0.205. The van der Waals surface area contributed by atoms with Crippen molar-refractivity contribution in [1.29, 1.82) is 0 Å².